The Hall–Kier alpha value is -1.84. The van der Waals surface area contributed by atoms with E-state index in [1.807, 2.05) is 30.3 Å². The van der Waals surface area contributed by atoms with E-state index in [9.17, 15) is 9.59 Å². The molecule has 96 valence electrons. The predicted molar refractivity (Wildman–Crippen MR) is 67.1 cm³/mol. The van der Waals surface area contributed by atoms with Crippen LogP contribution in [0, 0.1) is 0 Å². The van der Waals surface area contributed by atoms with Gasteiger partial charge in [0.15, 0.2) is 5.78 Å². The number of hydrogen-bond donors (Lipinski definition) is 0. The molecule has 1 saturated heterocycles. The van der Waals surface area contributed by atoms with Gasteiger partial charge in [0.1, 0.15) is 0 Å². The van der Waals surface area contributed by atoms with Gasteiger partial charge in [-0.25, -0.2) is 4.79 Å². The second kappa shape index (κ2) is 5.21. The number of carbonyl (C=O) groups is 2. The molecule has 4 nitrogen and oxygen atoms in total. The standard InChI is InChI=1S/C14H17NO3/c1-3-18-14(17)15-10(2)13(16)9-12(15)11-7-5-4-6-8-11/h4-8,10,12H,3,9H2,1-2H3. The number of ether oxygens (including phenoxy) is 1. The zero-order valence-electron chi connectivity index (χ0n) is 10.6. The highest BCUT2D eigenvalue weighted by molar-refractivity contribution is 5.91. The number of likely N-dealkylation sites (tertiary alicyclic amines) is 1. The van der Waals surface area contributed by atoms with Crippen molar-refractivity contribution in [3.63, 3.8) is 0 Å². The molecule has 1 aromatic rings. The molecule has 0 aromatic heterocycles. The second-order valence-electron chi connectivity index (χ2n) is 4.38. The van der Waals surface area contributed by atoms with Crippen molar-refractivity contribution in [3.8, 4) is 0 Å². The summed E-state index contributed by atoms with van der Waals surface area (Å²) in [6.45, 7) is 3.83. The van der Waals surface area contributed by atoms with Crippen molar-refractivity contribution in [3.05, 3.63) is 35.9 Å². The Labute approximate surface area is 107 Å². The minimum Gasteiger partial charge on any atom is -0.450 e. The van der Waals surface area contributed by atoms with Crippen LogP contribution in [-0.2, 0) is 9.53 Å². The molecule has 0 radical (unpaired) electrons. The van der Waals surface area contributed by atoms with Gasteiger partial charge in [0, 0.05) is 6.42 Å². The van der Waals surface area contributed by atoms with Gasteiger partial charge in [-0.1, -0.05) is 30.3 Å². The smallest absolute Gasteiger partial charge is 0.410 e. The topological polar surface area (TPSA) is 46.6 Å². The van der Waals surface area contributed by atoms with Crippen LogP contribution in [0.25, 0.3) is 0 Å². The van der Waals surface area contributed by atoms with Gasteiger partial charge in [-0.2, -0.15) is 0 Å². The highest BCUT2D eigenvalue weighted by Gasteiger charge is 2.41. The van der Waals surface area contributed by atoms with Crippen molar-refractivity contribution >= 4 is 11.9 Å². The number of rotatable bonds is 2. The number of ketones is 1. The summed E-state index contributed by atoms with van der Waals surface area (Å²) < 4.78 is 5.03. The molecule has 0 spiro atoms. The lowest BCUT2D eigenvalue weighted by atomic mass is 10.0. The van der Waals surface area contributed by atoms with Crippen molar-refractivity contribution in [2.24, 2.45) is 0 Å². The van der Waals surface area contributed by atoms with E-state index in [-0.39, 0.29) is 11.8 Å². The fourth-order valence-electron chi connectivity index (χ4n) is 2.32. The largest absolute Gasteiger partial charge is 0.450 e. The molecular formula is C14H17NO3. The predicted octanol–water partition coefficient (Wildman–Crippen LogP) is 2.55. The molecule has 0 N–H and O–H groups in total. The van der Waals surface area contributed by atoms with Crippen molar-refractivity contribution < 1.29 is 14.3 Å². The molecule has 1 aliphatic heterocycles. The summed E-state index contributed by atoms with van der Waals surface area (Å²) in [5.74, 6) is 0.0805. The van der Waals surface area contributed by atoms with E-state index in [2.05, 4.69) is 0 Å². The van der Waals surface area contributed by atoms with Crippen LogP contribution in [0.3, 0.4) is 0 Å². The summed E-state index contributed by atoms with van der Waals surface area (Å²) in [6, 6.07) is 8.99. The first-order valence-corrected chi connectivity index (χ1v) is 6.18. The quantitative estimate of drug-likeness (QED) is 0.806. The average Bonchev–Trinajstić information content (AvgIpc) is 2.67. The van der Waals surface area contributed by atoms with Gasteiger partial charge in [-0.05, 0) is 19.4 Å². The summed E-state index contributed by atoms with van der Waals surface area (Å²) in [5.41, 5.74) is 0.975. The molecule has 0 aliphatic carbocycles. The number of nitrogens with zero attached hydrogens (tertiary/aromatic N) is 1. The lowest BCUT2D eigenvalue weighted by molar-refractivity contribution is -0.119. The number of benzene rings is 1. The van der Waals surface area contributed by atoms with E-state index in [4.69, 9.17) is 4.74 Å². The third kappa shape index (κ3) is 2.23. The summed E-state index contributed by atoms with van der Waals surface area (Å²) in [4.78, 5) is 25.3. The SMILES string of the molecule is CCOC(=O)N1C(C)C(=O)CC1c1ccccc1. The molecule has 0 bridgehead atoms. The van der Waals surface area contributed by atoms with Crippen molar-refractivity contribution in [1.82, 2.24) is 4.90 Å². The van der Waals surface area contributed by atoms with Crippen LogP contribution in [0.1, 0.15) is 31.9 Å². The third-order valence-corrected chi connectivity index (χ3v) is 3.28. The first kappa shape index (κ1) is 12.6. The van der Waals surface area contributed by atoms with Gasteiger partial charge in [0.2, 0.25) is 0 Å². The summed E-state index contributed by atoms with van der Waals surface area (Å²) in [6.07, 6.45) is -0.0472. The molecular weight excluding hydrogens is 230 g/mol. The Kier molecular flexibility index (Phi) is 3.65. The zero-order chi connectivity index (χ0) is 13.1. The zero-order valence-corrected chi connectivity index (χ0v) is 10.6. The third-order valence-electron chi connectivity index (χ3n) is 3.28. The van der Waals surface area contributed by atoms with E-state index < -0.39 is 12.1 Å². The minimum atomic E-state index is -0.412. The van der Waals surface area contributed by atoms with E-state index in [1.165, 1.54) is 0 Å². The van der Waals surface area contributed by atoms with E-state index >= 15 is 0 Å². The van der Waals surface area contributed by atoms with Crippen LogP contribution in [0.4, 0.5) is 4.79 Å². The van der Waals surface area contributed by atoms with Crippen LogP contribution >= 0.6 is 0 Å². The molecule has 1 aliphatic rings. The highest BCUT2D eigenvalue weighted by atomic mass is 16.6. The Morgan fingerprint density at radius 3 is 2.67 bits per heavy atom. The van der Waals surface area contributed by atoms with E-state index in [0.29, 0.717) is 13.0 Å². The molecule has 1 heterocycles. The Balaban J connectivity index is 2.28. The second-order valence-corrected chi connectivity index (χ2v) is 4.38. The van der Waals surface area contributed by atoms with Gasteiger partial charge in [-0.3, -0.25) is 9.69 Å². The molecule has 0 saturated carbocycles. The first-order chi connectivity index (χ1) is 8.65. The number of carbonyl (C=O) groups excluding carboxylic acids is 2. The van der Waals surface area contributed by atoms with Gasteiger partial charge in [0.25, 0.3) is 0 Å². The molecule has 2 atom stereocenters. The number of hydrogen-bond acceptors (Lipinski definition) is 3. The van der Waals surface area contributed by atoms with Crippen LogP contribution in [0.5, 0.6) is 0 Å². The lowest BCUT2D eigenvalue weighted by Gasteiger charge is -2.26. The van der Waals surface area contributed by atoms with Gasteiger partial charge in [-0.15, -0.1) is 0 Å². The molecule has 2 rings (SSSR count). The Bertz CT molecular complexity index is 444. The van der Waals surface area contributed by atoms with Crippen molar-refractivity contribution in [2.45, 2.75) is 32.4 Å². The Morgan fingerprint density at radius 1 is 1.39 bits per heavy atom. The van der Waals surface area contributed by atoms with Crippen LogP contribution in [-0.4, -0.2) is 29.4 Å². The van der Waals surface area contributed by atoms with Crippen molar-refractivity contribution in [1.29, 1.82) is 0 Å². The lowest BCUT2D eigenvalue weighted by Crippen LogP contribution is -2.38. The normalized spacial score (nSPS) is 23.2. The molecule has 2 unspecified atom stereocenters. The maximum absolute atomic E-state index is 11.9. The average molecular weight is 247 g/mol. The number of Topliss-reactive ketones (excluding diaryl/α,β-unsaturated/α-hetero) is 1. The fraction of sp³-hybridized carbons (Fsp3) is 0.429. The summed E-state index contributed by atoms with van der Waals surface area (Å²) in [7, 11) is 0. The fourth-order valence-corrected chi connectivity index (χ4v) is 2.32. The van der Waals surface area contributed by atoms with E-state index in [1.54, 1.807) is 18.7 Å². The minimum absolute atomic E-state index is 0.0805. The van der Waals surface area contributed by atoms with Gasteiger partial charge < -0.3 is 4.74 Å². The molecule has 18 heavy (non-hydrogen) atoms. The maximum atomic E-state index is 11.9. The Morgan fingerprint density at radius 2 is 2.06 bits per heavy atom. The highest BCUT2D eigenvalue weighted by Crippen LogP contribution is 2.34. The summed E-state index contributed by atoms with van der Waals surface area (Å²) >= 11 is 0. The van der Waals surface area contributed by atoms with Crippen LogP contribution in [0.2, 0.25) is 0 Å². The molecule has 4 heteroatoms. The first-order valence-electron chi connectivity index (χ1n) is 6.18. The van der Waals surface area contributed by atoms with Crippen LogP contribution in [0.15, 0.2) is 30.3 Å². The maximum Gasteiger partial charge on any atom is 0.410 e. The van der Waals surface area contributed by atoms with Gasteiger partial charge in [0.05, 0.1) is 18.7 Å². The van der Waals surface area contributed by atoms with Crippen LogP contribution < -0.4 is 0 Å². The monoisotopic (exact) mass is 247 g/mol. The van der Waals surface area contributed by atoms with Gasteiger partial charge >= 0.3 is 6.09 Å². The molecule has 1 amide bonds. The van der Waals surface area contributed by atoms with Crippen molar-refractivity contribution in [2.75, 3.05) is 6.61 Å². The molecule has 1 aromatic carbocycles. The number of amides is 1. The molecule has 1 fully saturated rings. The van der Waals surface area contributed by atoms with E-state index in [0.717, 1.165) is 5.56 Å². The summed E-state index contributed by atoms with van der Waals surface area (Å²) in [5, 5.41) is 0.